The third kappa shape index (κ3) is 5.97. The number of benzene rings is 2. The van der Waals surface area contributed by atoms with Gasteiger partial charge in [-0.3, -0.25) is 10.1 Å². The summed E-state index contributed by atoms with van der Waals surface area (Å²) in [4.78, 5) is 22.3. The molecule has 0 aliphatic rings. The number of hydrogen-bond donors (Lipinski definition) is 0. The van der Waals surface area contributed by atoms with E-state index >= 15 is 0 Å². The summed E-state index contributed by atoms with van der Waals surface area (Å²) in [6.07, 6.45) is 2.72. The molecule has 9 heteroatoms. The molecule has 0 amide bonds. The first-order chi connectivity index (χ1) is 13.8. The lowest BCUT2D eigenvalue weighted by Crippen LogP contribution is -2.30. The third-order valence-corrected chi connectivity index (χ3v) is 6.20. The largest absolute Gasteiger partial charge is 0.458 e. The van der Waals surface area contributed by atoms with Gasteiger partial charge < -0.3 is 4.74 Å². The van der Waals surface area contributed by atoms with Crippen molar-refractivity contribution < 1.29 is 22.9 Å². The van der Waals surface area contributed by atoms with E-state index in [2.05, 4.69) is 0 Å². The van der Waals surface area contributed by atoms with Crippen molar-refractivity contribution in [2.24, 2.45) is 0 Å². The van der Waals surface area contributed by atoms with Gasteiger partial charge in [0.2, 0.25) is 10.0 Å². The number of nitrogens with zero attached hydrogens (tertiary/aromatic N) is 2. The molecule has 0 radical (unpaired) electrons. The lowest BCUT2D eigenvalue weighted by molar-refractivity contribution is -0.384. The maximum absolute atomic E-state index is 12.4. The average molecular weight is 418 g/mol. The minimum Gasteiger partial charge on any atom is -0.458 e. The third-order valence-electron chi connectivity index (χ3n) is 4.14. The highest BCUT2D eigenvalue weighted by molar-refractivity contribution is 7.89. The first kappa shape index (κ1) is 22.3. The molecule has 29 heavy (non-hydrogen) atoms. The Balaban J connectivity index is 1.98. The fraction of sp³-hybridized carbons (Fsp3) is 0.250. The number of rotatable bonds is 9. The van der Waals surface area contributed by atoms with Crippen molar-refractivity contribution in [2.45, 2.75) is 25.3 Å². The van der Waals surface area contributed by atoms with Crippen molar-refractivity contribution in [3.05, 3.63) is 75.8 Å². The van der Waals surface area contributed by atoms with Crippen molar-refractivity contribution in [1.82, 2.24) is 4.31 Å². The number of carbonyl (C=O) groups excluding carboxylic acids is 1. The molecule has 2 aromatic carbocycles. The second-order valence-corrected chi connectivity index (χ2v) is 7.96. The molecule has 0 saturated heterocycles. The van der Waals surface area contributed by atoms with Crippen molar-refractivity contribution in [1.29, 1.82) is 0 Å². The molecule has 0 saturated carbocycles. The monoisotopic (exact) mass is 418 g/mol. The Morgan fingerprint density at radius 1 is 1.14 bits per heavy atom. The first-order valence-electron chi connectivity index (χ1n) is 8.96. The van der Waals surface area contributed by atoms with Crippen molar-refractivity contribution in [3.63, 3.8) is 0 Å². The van der Waals surface area contributed by atoms with Crippen LogP contribution in [0, 0.1) is 10.1 Å². The van der Waals surface area contributed by atoms with Crippen LogP contribution < -0.4 is 0 Å². The summed E-state index contributed by atoms with van der Waals surface area (Å²) < 4.78 is 31.3. The first-order valence-corrected chi connectivity index (χ1v) is 10.4. The van der Waals surface area contributed by atoms with E-state index in [4.69, 9.17) is 4.74 Å². The Hall–Kier alpha value is -3.04. The topological polar surface area (TPSA) is 107 Å². The van der Waals surface area contributed by atoms with Gasteiger partial charge in [0.15, 0.2) is 0 Å². The zero-order chi connectivity index (χ0) is 21.4. The van der Waals surface area contributed by atoms with Gasteiger partial charge in [0.25, 0.3) is 5.69 Å². The molecular weight excluding hydrogens is 396 g/mol. The molecule has 0 aromatic heterocycles. The SMILES string of the molecule is CCN(CC)S(=O)(=O)c1ccc(/C=C/C(=O)OCc2cccc([N+](=O)[O-])c2)cc1. The van der Waals surface area contributed by atoms with Gasteiger partial charge in [0.05, 0.1) is 9.82 Å². The molecule has 154 valence electrons. The number of sulfonamides is 1. The van der Waals surface area contributed by atoms with Crippen LogP contribution in [-0.4, -0.2) is 36.7 Å². The molecule has 0 spiro atoms. The molecular formula is C20H22N2O6S. The number of esters is 1. The van der Waals surface area contributed by atoms with E-state index in [1.165, 1.54) is 46.8 Å². The van der Waals surface area contributed by atoms with Crippen LogP contribution in [0.25, 0.3) is 6.08 Å². The van der Waals surface area contributed by atoms with Crippen molar-refractivity contribution in [2.75, 3.05) is 13.1 Å². The molecule has 2 rings (SSSR count). The molecule has 2 aromatic rings. The Morgan fingerprint density at radius 3 is 2.38 bits per heavy atom. The van der Waals surface area contributed by atoms with Crippen LogP contribution in [-0.2, 0) is 26.2 Å². The number of nitro benzene ring substituents is 1. The van der Waals surface area contributed by atoms with Crippen LogP contribution in [0.3, 0.4) is 0 Å². The summed E-state index contributed by atoms with van der Waals surface area (Å²) in [7, 11) is -3.53. The van der Waals surface area contributed by atoms with E-state index in [0.717, 1.165) is 0 Å². The summed E-state index contributed by atoms with van der Waals surface area (Å²) >= 11 is 0. The summed E-state index contributed by atoms with van der Waals surface area (Å²) in [5.41, 5.74) is 1.07. The van der Waals surface area contributed by atoms with Gasteiger partial charge in [0.1, 0.15) is 6.61 Å². The van der Waals surface area contributed by atoms with Gasteiger partial charge >= 0.3 is 5.97 Å². The number of hydrogen-bond acceptors (Lipinski definition) is 6. The fourth-order valence-corrected chi connectivity index (χ4v) is 4.05. The quantitative estimate of drug-likeness (QED) is 0.267. The molecule has 0 unspecified atom stereocenters. The van der Waals surface area contributed by atoms with Gasteiger partial charge in [-0.15, -0.1) is 0 Å². The lowest BCUT2D eigenvalue weighted by Gasteiger charge is -2.18. The van der Waals surface area contributed by atoms with Gasteiger partial charge in [-0.25, -0.2) is 13.2 Å². The highest BCUT2D eigenvalue weighted by atomic mass is 32.2. The predicted molar refractivity (Wildman–Crippen MR) is 108 cm³/mol. The van der Waals surface area contributed by atoms with E-state index in [9.17, 15) is 23.3 Å². The Labute approximate surface area is 169 Å². The lowest BCUT2D eigenvalue weighted by atomic mass is 10.2. The minimum absolute atomic E-state index is 0.0751. The smallest absolute Gasteiger partial charge is 0.331 e. The van der Waals surface area contributed by atoms with Crippen LogP contribution in [0.15, 0.2) is 59.5 Å². The normalized spacial score (nSPS) is 11.7. The van der Waals surface area contributed by atoms with E-state index in [1.807, 2.05) is 0 Å². The molecule has 0 bridgehead atoms. The van der Waals surface area contributed by atoms with Crippen molar-refractivity contribution >= 4 is 27.8 Å². The predicted octanol–water partition coefficient (Wildman–Crippen LogP) is 3.38. The Bertz CT molecular complexity index is 996. The summed E-state index contributed by atoms with van der Waals surface area (Å²) in [5.74, 6) is -0.614. The van der Waals surface area contributed by atoms with Crippen LogP contribution in [0.1, 0.15) is 25.0 Å². The Morgan fingerprint density at radius 2 is 1.79 bits per heavy atom. The molecule has 0 N–H and O–H groups in total. The second-order valence-electron chi connectivity index (χ2n) is 6.03. The van der Waals surface area contributed by atoms with E-state index in [1.54, 1.807) is 32.0 Å². The zero-order valence-corrected chi connectivity index (χ0v) is 17.0. The molecule has 8 nitrogen and oxygen atoms in total. The van der Waals surface area contributed by atoms with Crippen molar-refractivity contribution in [3.8, 4) is 0 Å². The average Bonchev–Trinajstić information content (AvgIpc) is 2.72. The highest BCUT2D eigenvalue weighted by Crippen LogP contribution is 2.17. The maximum Gasteiger partial charge on any atom is 0.331 e. The summed E-state index contributed by atoms with van der Waals surface area (Å²) in [5, 5.41) is 10.8. The Kier molecular flexibility index (Phi) is 7.63. The maximum atomic E-state index is 12.4. The molecule has 0 heterocycles. The highest BCUT2D eigenvalue weighted by Gasteiger charge is 2.20. The van der Waals surface area contributed by atoms with Crippen LogP contribution in [0.4, 0.5) is 5.69 Å². The van der Waals surface area contributed by atoms with E-state index in [0.29, 0.717) is 24.2 Å². The zero-order valence-electron chi connectivity index (χ0n) is 16.1. The van der Waals surface area contributed by atoms with Gasteiger partial charge in [-0.1, -0.05) is 38.1 Å². The van der Waals surface area contributed by atoms with Crippen LogP contribution in [0.5, 0.6) is 0 Å². The van der Waals surface area contributed by atoms with E-state index in [-0.39, 0.29) is 17.2 Å². The number of non-ortho nitro benzene ring substituents is 1. The van der Waals surface area contributed by atoms with Gasteiger partial charge in [-0.2, -0.15) is 4.31 Å². The van der Waals surface area contributed by atoms with E-state index < -0.39 is 20.9 Å². The number of ether oxygens (including phenoxy) is 1. The second kappa shape index (κ2) is 9.94. The molecule has 0 aliphatic heterocycles. The summed E-state index contributed by atoms with van der Waals surface area (Å²) in [6, 6.07) is 12.0. The molecule has 0 atom stereocenters. The summed E-state index contributed by atoms with van der Waals surface area (Å²) in [6.45, 7) is 4.23. The van der Waals surface area contributed by atoms with Gasteiger partial charge in [-0.05, 0) is 29.3 Å². The molecule has 0 fully saturated rings. The molecule has 0 aliphatic carbocycles. The van der Waals surface area contributed by atoms with Crippen LogP contribution in [0.2, 0.25) is 0 Å². The number of nitro groups is 1. The number of carbonyl (C=O) groups is 1. The van der Waals surface area contributed by atoms with Crippen LogP contribution >= 0.6 is 0 Å². The fourth-order valence-electron chi connectivity index (χ4n) is 2.59. The minimum atomic E-state index is -3.53. The standard InChI is InChI=1S/C20H22N2O6S/c1-3-21(4-2)29(26,27)19-11-8-16(9-12-19)10-13-20(23)28-15-17-6-5-7-18(14-17)22(24)25/h5-14H,3-4,15H2,1-2H3/b13-10+. The van der Waals surface area contributed by atoms with Gasteiger partial charge in [0, 0.05) is 31.3 Å².